The summed E-state index contributed by atoms with van der Waals surface area (Å²) in [6.07, 6.45) is 67.9. The molecule has 0 heterocycles. The first-order valence-electron chi connectivity index (χ1n) is 27.1. The molecule has 0 aromatic carbocycles. The lowest BCUT2D eigenvalue weighted by Gasteiger charge is -2.19. The van der Waals surface area contributed by atoms with E-state index in [1.807, 2.05) is 6.08 Å². The summed E-state index contributed by atoms with van der Waals surface area (Å²) in [6, 6.07) is -0.634. The summed E-state index contributed by atoms with van der Waals surface area (Å²) in [5.41, 5.74) is 0. The van der Waals surface area contributed by atoms with Gasteiger partial charge in [-0.2, -0.15) is 0 Å². The van der Waals surface area contributed by atoms with E-state index in [9.17, 15) is 15.0 Å². The Morgan fingerprint density at radius 3 is 0.983 bits per heavy atom. The molecule has 0 spiro atoms. The summed E-state index contributed by atoms with van der Waals surface area (Å²) >= 11 is 0. The van der Waals surface area contributed by atoms with Gasteiger partial charge in [0.1, 0.15) is 0 Å². The normalized spacial score (nSPS) is 12.9. The molecule has 1 amide bonds. The second-order valence-corrected chi connectivity index (χ2v) is 18.7. The molecule has 0 aliphatic rings. The van der Waals surface area contributed by atoms with E-state index in [1.165, 1.54) is 250 Å². The lowest BCUT2D eigenvalue weighted by Crippen LogP contribution is -2.45. The zero-order chi connectivity index (χ0) is 42.8. The van der Waals surface area contributed by atoms with E-state index in [0.29, 0.717) is 6.42 Å². The van der Waals surface area contributed by atoms with Crippen LogP contribution < -0.4 is 5.32 Å². The van der Waals surface area contributed by atoms with Crippen molar-refractivity contribution in [3.8, 4) is 0 Å². The number of carbonyl (C=O) groups excluding carboxylic acids is 1. The number of carbonyl (C=O) groups is 1. The Hall–Kier alpha value is -1.13. The average Bonchev–Trinajstić information content (AvgIpc) is 3.24. The van der Waals surface area contributed by atoms with E-state index in [-0.39, 0.29) is 12.5 Å². The summed E-state index contributed by atoms with van der Waals surface area (Å²) in [6.45, 7) is 4.29. The Kier molecular flexibility index (Phi) is 50.2. The second-order valence-electron chi connectivity index (χ2n) is 18.7. The summed E-state index contributed by atoms with van der Waals surface area (Å²) in [5, 5.41) is 23.0. The number of hydrogen-bond acceptors (Lipinski definition) is 3. The molecule has 2 unspecified atom stereocenters. The van der Waals surface area contributed by atoms with Gasteiger partial charge in [0.15, 0.2) is 0 Å². The third-order valence-corrected chi connectivity index (χ3v) is 12.7. The van der Waals surface area contributed by atoms with Gasteiger partial charge in [0, 0.05) is 6.42 Å². The molecule has 3 N–H and O–H groups in total. The quantitative estimate of drug-likeness (QED) is 0.0422. The van der Waals surface area contributed by atoms with Crippen molar-refractivity contribution in [3.05, 3.63) is 24.3 Å². The highest BCUT2D eigenvalue weighted by Crippen LogP contribution is 2.18. The standard InChI is InChI=1S/C55H107NO3/c1-3-5-7-9-11-13-15-16-17-18-19-20-21-22-23-24-25-26-27-28-29-30-31-32-33-34-35-36-37-38-39-41-43-45-47-49-51-55(59)56-53(52-57)54(58)50-48-46-44-42-40-14-12-10-8-6-4-2/h40,42,48,50,53-54,57-58H,3-39,41,43-47,49,51-52H2,1-2H3,(H,56,59)/b42-40+,50-48+. The molecule has 0 fully saturated rings. The molecule has 4 heteroatoms. The minimum Gasteiger partial charge on any atom is -0.394 e. The number of nitrogens with one attached hydrogen (secondary N) is 1. The molecule has 0 radical (unpaired) electrons. The highest BCUT2D eigenvalue weighted by molar-refractivity contribution is 5.76. The fourth-order valence-electron chi connectivity index (χ4n) is 8.55. The van der Waals surface area contributed by atoms with Crippen LogP contribution >= 0.6 is 0 Å². The Bertz CT molecular complexity index is 855. The SMILES string of the molecule is CCCCCCC/C=C/CC/C=C/C(O)C(CO)NC(=O)CCCCCCCCCCCCCCCCCCCCCCCCCCCCCCCCCCCCCC. The molecule has 0 aromatic heterocycles. The number of allylic oxidation sites excluding steroid dienone is 3. The molecule has 0 aromatic rings. The number of aliphatic hydroxyl groups excluding tert-OH is 2. The minimum absolute atomic E-state index is 0.0699. The average molecular weight is 830 g/mol. The van der Waals surface area contributed by atoms with Crippen molar-refractivity contribution < 1.29 is 15.0 Å². The molecular formula is C55H107NO3. The van der Waals surface area contributed by atoms with Crippen LogP contribution in [0, 0.1) is 0 Å². The molecule has 0 aliphatic carbocycles. The molecular weight excluding hydrogens is 723 g/mol. The number of hydrogen-bond donors (Lipinski definition) is 3. The van der Waals surface area contributed by atoms with Crippen molar-refractivity contribution in [1.82, 2.24) is 5.32 Å². The summed E-state index contributed by atoms with van der Waals surface area (Å²) in [7, 11) is 0. The Labute approximate surface area is 370 Å². The highest BCUT2D eigenvalue weighted by atomic mass is 16.3. The van der Waals surface area contributed by atoms with Gasteiger partial charge in [-0.15, -0.1) is 0 Å². The maximum Gasteiger partial charge on any atom is 0.220 e. The van der Waals surface area contributed by atoms with Gasteiger partial charge in [-0.3, -0.25) is 4.79 Å². The van der Waals surface area contributed by atoms with E-state index < -0.39 is 12.1 Å². The van der Waals surface area contributed by atoms with Crippen LogP contribution in [-0.4, -0.2) is 34.9 Å². The summed E-state index contributed by atoms with van der Waals surface area (Å²) in [4.78, 5) is 12.4. The summed E-state index contributed by atoms with van der Waals surface area (Å²) in [5.74, 6) is -0.0699. The van der Waals surface area contributed by atoms with Crippen molar-refractivity contribution in [2.75, 3.05) is 6.61 Å². The van der Waals surface area contributed by atoms with Gasteiger partial charge in [0.2, 0.25) is 5.91 Å². The Balaban J connectivity index is 3.35. The lowest BCUT2D eigenvalue weighted by molar-refractivity contribution is -0.123. The monoisotopic (exact) mass is 830 g/mol. The van der Waals surface area contributed by atoms with Crippen LogP contribution in [0.25, 0.3) is 0 Å². The topological polar surface area (TPSA) is 69.6 Å². The van der Waals surface area contributed by atoms with E-state index >= 15 is 0 Å². The zero-order valence-electron chi connectivity index (χ0n) is 40.3. The smallest absolute Gasteiger partial charge is 0.220 e. The van der Waals surface area contributed by atoms with E-state index in [0.717, 1.165) is 32.1 Å². The van der Waals surface area contributed by atoms with Crippen molar-refractivity contribution in [3.63, 3.8) is 0 Å². The lowest BCUT2D eigenvalue weighted by atomic mass is 10.0. The van der Waals surface area contributed by atoms with Gasteiger partial charge in [0.25, 0.3) is 0 Å². The Morgan fingerprint density at radius 2 is 0.661 bits per heavy atom. The van der Waals surface area contributed by atoms with Crippen LogP contribution in [0.5, 0.6) is 0 Å². The number of unbranched alkanes of at least 4 members (excludes halogenated alkanes) is 41. The molecule has 0 saturated carbocycles. The molecule has 0 bridgehead atoms. The van der Waals surface area contributed by atoms with Crippen LogP contribution in [-0.2, 0) is 4.79 Å². The minimum atomic E-state index is -0.857. The number of amides is 1. The van der Waals surface area contributed by atoms with Gasteiger partial charge < -0.3 is 15.5 Å². The highest BCUT2D eigenvalue weighted by Gasteiger charge is 2.18. The molecule has 0 saturated heterocycles. The maximum absolute atomic E-state index is 12.4. The third kappa shape index (κ3) is 47.8. The van der Waals surface area contributed by atoms with Crippen molar-refractivity contribution in [2.24, 2.45) is 0 Å². The van der Waals surface area contributed by atoms with Gasteiger partial charge in [-0.05, 0) is 32.1 Å². The van der Waals surface area contributed by atoms with Crippen molar-refractivity contribution in [1.29, 1.82) is 0 Å². The molecule has 0 rings (SSSR count). The van der Waals surface area contributed by atoms with Crippen LogP contribution in [0.2, 0.25) is 0 Å². The van der Waals surface area contributed by atoms with E-state index in [2.05, 4.69) is 31.3 Å². The first-order valence-corrected chi connectivity index (χ1v) is 27.1. The fourth-order valence-corrected chi connectivity index (χ4v) is 8.55. The van der Waals surface area contributed by atoms with Crippen molar-refractivity contribution in [2.45, 2.75) is 315 Å². The largest absolute Gasteiger partial charge is 0.394 e. The molecule has 350 valence electrons. The number of aliphatic hydroxyl groups is 2. The van der Waals surface area contributed by atoms with Gasteiger partial charge in [0.05, 0.1) is 18.8 Å². The number of rotatable bonds is 50. The first kappa shape index (κ1) is 57.9. The van der Waals surface area contributed by atoms with Crippen LogP contribution in [0.4, 0.5) is 0 Å². The fraction of sp³-hybridized carbons (Fsp3) is 0.909. The molecule has 59 heavy (non-hydrogen) atoms. The van der Waals surface area contributed by atoms with Crippen LogP contribution in [0.3, 0.4) is 0 Å². The second kappa shape index (κ2) is 51.2. The van der Waals surface area contributed by atoms with E-state index in [4.69, 9.17) is 0 Å². The van der Waals surface area contributed by atoms with Gasteiger partial charge >= 0.3 is 0 Å². The third-order valence-electron chi connectivity index (χ3n) is 12.7. The zero-order valence-corrected chi connectivity index (χ0v) is 40.3. The molecule has 0 aliphatic heterocycles. The van der Waals surface area contributed by atoms with Crippen LogP contribution in [0.15, 0.2) is 24.3 Å². The molecule has 2 atom stereocenters. The maximum atomic E-state index is 12.4. The molecule has 4 nitrogen and oxygen atoms in total. The predicted molar refractivity (Wildman–Crippen MR) is 262 cm³/mol. The first-order chi connectivity index (χ1) is 29.2. The summed E-state index contributed by atoms with van der Waals surface area (Å²) < 4.78 is 0. The van der Waals surface area contributed by atoms with Crippen molar-refractivity contribution >= 4 is 5.91 Å². The predicted octanol–water partition coefficient (Wildman–Crippen LogP) is 17.5. The van der Waals surface area contributed by atoms with E-state index in [1.54, 1.807) is 6.08 Å². The Morgan fingerprint density at radius 1 is 0.390 bits per heavy atom. The van der Waals surface area contributed by atoms with Gasteiger partial charge in [-0.25, -0.2) is 0 Å². The van der Waals surface area contributed by atoms with Gasteiger partial charge in [-0.1, -0.05) is 289 Å². The van der Waals surface area contributed by atoms with Crippen LogP contribution in [0.1, 0.15) is 303 Å².